The summed E-state index contributed by atoms with van der Waals surface area (Å²) in [6.07, 6.45) is -6.04. The molecule has 1 heterocycles. The van der Waals surface area contributed by atoms with Gasteiger partial charge < -0.3 is 5.32 Å². The van der Waals surface area contributed by atoms with Crippen LogP contribution in [0.4, 0.5) is 26.3 Å². The number of nitrogens with one attached hydrogen (secondary N) is 1. The van der Waals surface area contributed by atoms with Crippen LogP contribution in [-0.4, -0.2) is 37.3 Å². The largest absolute Gasteiger partial charge is 0.390 e. The molecule has 0 saturated carbocycles. The van der Waals surface area contributed by atoms with Gasteiger partial charge in [-0.3, -0.25) is 4.90 Å². The van der Waals surface area contributed by atoms with Crippen molar-refractivity contribution in [2.45, 2.75) is 18.6 Å². The normalized spacial score (nSPS) is 17.9. The van der Waals surface area contributed by atoms with Crippen molar-refractivity contribution in [1.82, 2.24) is 10.2 Å². The number of nitrogens with zero attached hydrogens (tertiary/aromatic N) is 1. The molecule has 0 bridgehead atoms. The highest BCUT2D eigenvalue weighted by molar-refractivity contribution is 5.85. The van der Waals surface area contributed by atoms with Crippen molar-refractivity contribution >= 4 is 12.4 Å². The van der Waals surface area contributed by atoms with E-state index in [1.165, 1.54) is 4.90 Å². The molecule has 1 saturated heterocycles. The van der Waals surface area contributed by atoms with Crippen LogP contribution in [-0.2, 0) is 0 Å². The highest BCUT2D eigenvalue weighted by atomic mass is 35.5. The second-order valence-corrected chi connectivity index (χ2v) is 4.88. The monoisotopic (exact) mass is 348 g/mol. The van der Waals surface area contributed by atoms with Gasteiger partial charge in [0.05, 0.1) is 6.42 Å². The molecule has 1 aromatic rings. The Bertz CT molecular complexity index is 502. The third-order valence-corrected chi connectivity index (χ3v) is 3.43. The summed E-state index contributed by atoms with van der Waals surface area (Å²) in [6, 6.07) is -0.349. The van der Waals surface area contributed by atoms with Crippen molar-refractivity contribution in [3.8, 4) is 0 Å². The molecule has 1 N–H and O–H groups in total. The van der Waals surface area contributed by atoms with Crippen molar-refractivity contribution in [3.05, 3.63) is 35.1 Å². The zero-order valence-electron chi connectivity index (χ0n) is 11.4. The van der Waals surface area contributed by atoms with E-state index < -0.39 is 41.7 Å². The molecule has 1 aliphatic heterocycles. The molecule has 22 heavy (non-hydrogen) atoms. The smallest absolute Gasteiger partial charge is 0.314 e. The van der Waals surface area contributed by atoms with Crippen molar-refractivity contribution < 1.29 is 26.3 Å². The second-order valence-electron chi connectivity index (χ2n) is 4.88. The molecule has 9 heteroatoms. The standard InChI is InChI=1S/C13H14F6N2.ClH/c14-8-1-2-9(15)12(16)11(8)10(7-13(17,18)19)21-5-3-20-4-6-21;/h1-2,10,20H,3-7H2;1H/t10-;/m1./s1. The summed E-state index contributed by atoms with van der Waals surface area (Å²) < 4.78 is 79.1. The van der Waals surface area contributed by atoms with Crippen LogP contribution in [0.1, 0.15) is 18.0 Å². The minimum atomic E-state index is -4.61. The van der Waals surface area contributed by atoms with E-state index in [0.29, 0.717) is 25.2 Å². The third-order valence-electron chi connectivity index (χ3n) is 3.43. The van der Waals surface area contributed by atoms with Gasteiger partial charge in [0, 0.05) is 37.8 Å². The van der Waals surface area contributed by atoms with Gasteiger partial charge in [0.15, 0.2) is 11.6 Å². The third kappa shape index (κ3) is 4.50. The number of hydrogen-bond donors (Lipinski definition) is 1. The maximum atomic E-state index is 13.8. The molecule has 2 nitrogen and oxygen atoms in total. The van der Waals surface area contributed by atoms with E-state index in [1.807, 2.05) is 0 Å². The SMILES string of the molecule is Cl.Fc1ccc(F)c([C@@H](CC(F)(F)F)N2CCNCC2)c1F. The first-order chi connectivity index (χ1) is 9.79. The fourth-order valence-corrected chi connectivity index (χ4v) is 2.47. The first-order valence-electron chi connectivity index (χ1n) is 6.44. The minimum absolute atomic E-state index is 0. The number of halogens is 7. The van der Waals surface area contributed by atoms with Crippen LogP contribution in [0.25, 0.3) is 0 Å². The minimum Gasteiger partial charge on any atom is -0.314 e. The number of hydrogen-bond acceptors (Lipinski definition) is 2. The van der Waals surface area contributed by atoms with Crippen molar-refractivity contribution in [1.29, 1.82) is 0 Å². The van der Waals surface area contributed by atoms with Gasteiger partial charge in [-0.15, -0.1) is 12.4 Å². The predicted octanol–water partition coefficient (Wildman–Crippen LogP) is 3.42. The average molecular weight is 349 g/mol. The first-order valence-corrected chi connectivity index (χ1v) is 6.44. The summed E-state index contributed by atoms with van der Waals surface area (Å²) in [5, 5.41) is 2.94. The van der Waals surface area contributed by atoms with Gasteiger partial charge in [-0.25, -0.2) is 13.2 Å². The van der Waals surface area contributed by atoms with Crippen molar-refractivity contribution in [3.63, 3.8) is 0 Å². The molecule has 0 amide bonds. The quantitative estimate of drug-likeness (QED) is 0.665. The molecule has 0 aromatic heterocycles. The van der Waals surface area contributed by atoms with Crippen molar-refractivity contribution in [2.24, 2.45) is 0 Å². The van der Waals surface area contributed by atoms with E-state index >= 15 is 0 Å². The lowest BCUT2D eigenvalue weighted by atomic mass is 9.99. The molecule has 126 valence electrons. The molecular weight excluding hydrogens is 334 g/mol. The number of benzene rings is 1. The molecule has 1 atom stereocenters. The van der Waals surface area contributed by atoms with Crippen LogP contribution in [0.15, 0.2) is 12.1 Å². The van der Waals surface area contributed by atoms with Gasteiger partial charge in [0.1, 0.15) is 5.82 Å². The van der Waals surface area contributed by atoms with E-state index in [0.717, 1.165) is 0 Å². The second kappa shape index (κ2) is 7.52. The fourth-order valence-electron chi connectivity index (χ4n) is 2.47. The van der Waals surface area contributed by atoms with Gasteiger partial charge in [0.2, 0.25) is 0 Å². The number of piperazine rings is 1. The van der Waals surface area contributed by atoms with Crippen LogP contribution in [0.2, 0.25) is 0 Å². The van der Waals surface area contributed by atoms with Gasteiger partial charge in [0.25, 0.3) is 0 Å². The summed E-state index contributed by atoms with van der Waals surface area (Å²) in [5.41, 5.74) is -0.853. The zero-order chi connectivity index (χ0) is 15.6. The highest BCUT2D eigenvalue weighted by Crippen LogP contribution is 2.36. The lowest BCUT2D eigenvalue weighted by Crippen LogP contribution is -2.46. The van der Waals surface area contributed by atoms with Gasteiger partial charge in [-0.1, -0.05) is 0 Å². The fraction of sp³-hybridized carbons (Fsp3) is 0.538. The Morgan fingerprint density at radius 2 is 1.59 bits per heavy atom. The predicted molar refractivity (Wildman–Crippen MR) is 71.4 cm³/mol. The maximum Gasteiger partial charge on any atom is 0.390 e. The Morgan fingerprint density at radius 3 is 2.14 bits per heavy atom. The summed E-state index contributed by atoms with van der Waals surface area (Å²) in [5.74, 6) is -4.07. The first kappa shape index (κ1) is 19.1. The topological polar surface area (TPSA) is 15.3 Å². The molecule has 1 aliphatic rings. The number of rotatable bonds is 3. The Morgan fingerprint density at radius 1 is 1.05 bits per heavy atom. The number of alkyl halides is 3. The highest BCUT2D eigenvalue weighted by Gasteiger charge is 2.38. The van der Waals surface area contributed by atoms with E-state index in [1.54, 1.807) is 0 Å². The van der Waals surface area contributed by atoms with Crippen LogP contribution < -0.4 is 5.32 Å². The van der Waals surface area contributed by atoms with Crippen LogP contribution in [0.3, 0.4) is 0 Å². The van der Waals surface area contributed by atoms with E-state index in [4.69, 9.17) is 0 Å². The molecule has 0 aliphatic carbocycles. The zero-order valence-corrected chi connectivity index (χ0v) is 12.2. The lowest BCUT2D eigenvalue weighted by Gasteiger charge is -2.35. The average Bonchev–Trinajstić information content (AvgIpc) is 2.42. The van der Waals surface area contributed by atoms with E-state index in [9.17, 15) is 26.3 Å². The van der Waals surface area contributed by atoms with Crippen molar-refractivity contribution in [2.75, 3.05) is 26.2 Å². The Balaban J connectivity index is 0.00000242. The molecular formula is C13H15ClF6N2. The Hall–Kier alpha value is -0.990. The van der Waals surface area contributed by atoms with Gasteiger partial charge in [-0.05, 0) is 12.1 Å². The lowest BCUT2D eigenvalue weighted by molar-refractivity contribution is -0.149. The summed E-state index contributed by atoms with van der Waals surface area (Å²) >= 11 is 0. The van der Waals surface area contributed by atoms with E-state index in [-0.39, 0.29) is 25.5 Å². The Kier molecular flexibility index (Phi) is 6.51. The molecule has 0 radical (unpaired) electrons. The van der Waals surface area contributed by atoms with Gasteiger partial charge in [-0.2, -0.15) is 13.2 Å². The van der Waals surface area contributed by atoms with Crippen LogP contribution in [0.5, 0.6) is 0 Å². The summed E-state index contributed by atoms with van der Waals surface area (Å²) in [7, 11) is 0. The van der Waals surface area contributed by atoms with Crippen LogP contribution in [0, 0.1) is 17.5 Å². The summed E-state index contributed by atoms with van der Waals surface area (Å²) in [6.45, 7) is 1.23. The van der Waals surface area contributed by atoms with E-state index in [2.05, 4.69) is 5.32 Å². The Labute approximate surface area is 129 Å². The van der Waals surface area contributed by atoms with Gasteiger partial charge >= 0.3 is 6.18 Å². The molecule has 1 aromatic carbocycles. The molecule has 1 fully saturated rings. The maximum absolute atomic E-state index is 13.8. The molecule has 0 spiro atoms. The molecule has 2 rings (SSSR count). The summed E-state index contributed by atoms with van der Waals surface area (Å²) in [4.78, 5) is 1.32. The molecule has 0 unspecified atom stereocenters. The van der Waals surface area contributed by atoms with Crippen LogP contribution >= 0.6 is 12.4 Å².